The molecule has 0 heterocycles. The molecule has 104 heavy (non-hydrogen) atoms. The van der Waals surface area contributed by atoms with Crippen molar-refractivity contribution in [3.8, 4) is 0 Å². The molecule has 9 nitrogen and oxygen atoms in total. The lowest BCUT2D eigenvalue weighted by atomic mass is 10.0. The molecular formula is C95H178NO8+. The standard InChI is InChI=1S/C95H177NO8/c1-6-8-10-12-14-16-18-20-22-24-26-28-30-32-34-36-38-40-42-44-46-47-48-50-52-54-56-58-60-62-64-66-68-70-72-74-76-78-80-82-84-86-93(98)104-91(90-103-95(94(99)100)101-88-87-96(3,4)5)89-102-92(97)85-83-81-79-77-75-73-71-69-67-65-63-61-59-57-55-53-51-49-45-43-41-39-37-35-33-31-29-27-25-23-21-19-17-15-13-11-9-7-2/h8,10,14,16,20,22,26,28,32,34,91,95H,6-7,9,11-13,15,17-19,21,23-25,27,29-31,33,35-90H2,1-5H3/p+1/b10-8-,16-14-,22-20-,28-26-,34-32-. The van der Waals surface area contributed by atoms with Crippen LogP contribution in [-0.4, -0.2) is 87.4 Å². The summed E-state index contributed by atoms with van der Waals surface area (Å²) in [5, 5.41) is 9.80. The number of unbranched alkanes of at least 4 members (excludes halogenated alkanes) is 62. The van der Waals surface area contributed by atoms with Gasteiger partial charge in [0.05, 0.1) is 34.4 Å². The number of rotatable bonds is 87. The second-order valence-corrected chi connectivity index (χ2v) is 32.6. The SMILES string of the molecule is CC/C=C\C/C=C\C/C=C\C/C=C\C/C=C\CCCCCCCCCCCCCCCCCCCCCCCCCCCC(=O)OC(COC(=O)CCCCCCCCCCCCCCCCCCCCCCCCCCCCCCCCCCCCCCCC)COC(OCC[N+](C)(C)C)C(=O)O. The van der Waals surface area contributed by atoms with Crippen LogP contribution in [0.5, 0.6) is 0 Å². The van der Waals surface area contributed by atoms with Crippen LogP contribution < -0.4 is 0 Å². The summed E-state index contributed by atoms with van der Waals surface area (Å²) in [5.74, 6) is -1.97. The van der Waals surface area contributed by atoms with Crippen molar-refractivity contribution in [2.24, 2.45) is 0 Å². The maximum Gasteiger partial charge on any atom is 0.361 e. The van der Waals surface area contributed by atoms with Crippen molar-refractivity contribution in [1.82, 2.24) is 0 Å². The summed E-state index contributed by atoms with van der Waals surface area (Å²) in [6.45, 7) is 4.85. The molecule has 9 heteroatoms. The maximum atomic E-state index is 13.0. The Kier molecular flexibility index (Phi) is 83.1. The summed E-state index contributed by atoms with van der Waals surface area (Å²) in [5.41, 5.74) is 0. The van der Waals surface area contributed by atoms with Gasteiger partial charge in [0.2, 0.25) is 0 Å². The molecule has 0 bridgehead atoms. The van der Waals surface area contributed by atoms with Crippen LogP contribution in [0.15, 0.2) is 60.8 Å². The van der Waals surface area contributed by atoms with Crippen LogP contribution in [0.3, 0.4) is 0 Å². The Labute approximate surface area is 647 Å². The number of carboxylic acid groups (broad SMARTS) is 1. The van der Waals surface area contributed by atoms with Crippen LogP contribution in [0.1, 0.15) is 470 Å². The van der Waals surface area contributed by atoms with Crippen LogP contribution in [0.25, 0.3) is 0 Å². The van der Waals surface area contributed by atoms with Gasteiger partial charge < -0.3 is 28.5 Å². The average molecular weight is 1460 g/mol. The van der Waals surface area contributed by atoms with Gasteiger partial charge in [0.25, 0.3) is 6.29 Å². The molecule has 0 aliphatic rings. The highest BCUT2D eigenvalue weighted by Crippen LogP contribution is 2.21. The summed E-state index contributed by atoms with van der Waals surface area (Å²) in [6.07, 6.45) is 113. The van der Waals surface area contributed by atoms with Crippen molar-refractivity contribution in [1.29, 1.82) is 0 Å². The first-order valence-electron chi connectivity index (χ1n) is 46.0. The Balaban J connectivity index is 3.88. The number of carboxylic acids is 1. The normalized spacial score (nSPS) is 12.8. The zero-order valence-electron chi connectivity index (χ0n) is 70.2. The largest absolute Gasteiger partial charge is 0.477 e. The number of quaternary nitrogens is 1. The van der Waals surface area contributed by atoms with Crippen molar-refractivity contribution >= 4 is 17.9 Å². The van der Waals surface area contributed by atoms with Gasteiger partial charge in [0.15, 0.2) is 6.10 Å². The van der Waals surface area contributed by atoms with E-state index in [1.54, 1.807) is 0 Å². The summed E-state index contributed by atoms with van der Waals surface area (Å²) in [4.78, 5) is 37.8. The number of esters is 2. The lowest BCUT2D eigenvalue weighted by Gasteiger charge is -2.25. The Morgan fingerprint density at radius 2 is 0.548 bits per heavy atom. The summed E-state index contributed by atoms with van der Waals surface area (Å²) < 4.78 is 23.1. The fourth-order valence-electron chi connectivity index (χ4n) is 14.1. The van der Waals surface area contributed by atoms with Crippen molar-refractivity contribution < 1.29 is 42.9 Å². The molecule has 610 valence electrons. The van der Waals surface area contributed by atoms with Gasteiger partial charge in [-0.2, -0.15) is 0 Å². The third kappa shape index (κ3) is 86.2. The highest BCUT2D eigenvalue weighted by molar-refractivity contribution is 5.71. The van der Waals surface area contributed by atoms with E-state index in [0.29, 0.717) is 17.4 Å². The number of ether oxygens (including phenoxy) is 4. The number of carbonyl (C=O) groups is 3. The third-order valence-electron chi connectivity index (χ3n) is 21.0. The number of nitrogens with zero attached hydrogens (tertiary/aromatic N) is 1. The van der Waals surface area contributed by atoms with E-state index >= 15 is 0 Å². The molecule has 0 aliphatic heterocycles. The minimum Gasteiger partial charge on any atom is -0.477 e. The number of carbonyl (C=O) groups excluding carboxylic acids is 2. The fourth-order valence-corrected chi connectivity index (χ4v) is 14.1. The van der Waals surface area contributed by atoms with Crippen LogP contribution in [0, 0.1) is 0 Å². The first kappa shape index (κ1) is 101. The first-order chi connectivity index (χ1) is 51.1. The van der Waals surface area contributed by atoms with Gasteiger partial charge >= 0.3 is 17.9 Å². The predicted molar refractivity (Wildman–Crippen MR) is 452 cm³/mol. The lowest BCUT2D eigenvalue weighted by Crippen LogP contribution is -2.40. The van der Waals surface area contributed by atoms with Crippen LogP contribution in [0.4, 0.5) is 0 Å². The number of likely N-dealkylation sites (N-methyl/N-ethyl adjacent to an activating group) is 1. The molecule has 2 atom stereocenters. The second kappa shape index (κ2) is 85.6. The predicted octanol–water partition coefficient (Wildman–Crippen LogP) is 30.1. The monoisotopic (exact) mass is 1460 g/mol. The van der Waals surface area contributed by atoms with E-state index in [4.69, 9.17) is 18.9 Å². The third-order valence-corrected chi connectivity index (χ3v) is 21.0. The smallest absolute Gasteiger partial charge is 0.361 e. The van der Waals surface area contributed by atoms with Gasteiger partial charge in [-0.3, -0.25) is 9.59 Å². The first-order valence-corrected chi connectivity index (χ1v) is 46.0. The molecule has 0 radical (unpaired) electrons. The Bertz CT molecular complexity index is 1900. The van der Waals surface area contributed by atoms with E-state index in [-0.39, 0.29) is 38.2 Å². The summed E-state index contributed by atoms with van der Waals surface area (Å²) in [6, 6.07) is 0. The van der Waals surface area contributed by atoms with Gasteiger partial charge in [-0.05, 0) is 57.8 Å². The van der Waals surface area contributed by atoms with E-state index < -0.39 is 18.4 Å². The minimum absolute atomic E-state index is 0.175. The molecule has 0 fully saturated rings. The molecule has 0 aromatic carbocycles. The molecule has 0 spiro atoms. The average Bonchev–Trinajstić information content (AvgIpc) is 0.971. The van der Waals surface area contributed by atoms with Crippen molar-refractivity contribution in [2.45, 2.75) is 482 Å². The fraction of sp³-hybridized carbons (Fsp3) is 0.863. The van der Waals surface area contributed by atoms with E-state index in [2.05, 4.69) is 74.6 Å². The topological polar surface area (TPSA) is 108 Å². The van der Waals surface area contributed by atoms with Crippen molar-refractivity contribution in [3.05, 3.63) is 60.8 Å². The molecule has 2 unspecified atom stereocenters. The molecule has 0 amide bonds. The van der Waals surface area contributed by atoms with Gasteiger partial charge in [0.1, 0.15) is 13.2 Å². The maximum absolute atomic E-state index is 13.0. The van der Waals surface area contributed by atoms with Gasteiger partial charge in [0, 0.05) is 12.8 Å². The van der Waals surface area contributed by atoms with Gasteiger partial charge in [-0.1, -0.05) is 460 Å². The van der Waals surface area contributed by atoms with Crippen molar-refractivity contribution in [2.75, 3.05) is 47.5 Å². The molecular weight excluding hydrogens is 1280 g/mol. The number of aliphatic carboxylic acids is 1. The molecule has 0 saturated heterocycles. The van der Waals surface area contributed by atoms with E-state index in [9.17, 15) is 19.5 Å². The van der Waals surface area contributed by atoms with Crippen molar-refractivity contribution in [3.63, 3.8) is 0 Å². The van der Waals surface area contributed by atoms with Gasteiger partial charge in [-0.15, -0.1) is 0 Å². The molecule has 0 rings (SSSR count). The zero-order valence-corrected chi connectivity index (χ0v) is 70.2. The quantitative estimate of drug-likeness (QED) is 0.0211. The number of hydrogen-bond donors (Lipinski definition) is 1. The molecule has 0 aromatic rings. The Morgan fingerprint density at radius 3 is 0.817 bits per heavy atom. The van der Waals surface area contributed by atoms with E-state index in [1.807, 2.05) is 21.1 Å². The van der Waals surface area contributed by atoms with Crippen LogP contribution in [0.2, 0.25) is 0 Å². The Morgan fingerprint density at radius 1 is 0.298 bits per heavy atom. The minimum atomic E-state index is -1.51. The molecule has 0 aromatic heterocycles. The highest BCUT2D eigenvalue weighted by Gasteiger charge is 2.25. The Hall–Kier alpha value is -3.01. The zero-order chi connectivity index (χ0) is 75.3. The molecule has 0 saturated carbocycles. The van der Waals surface area contributed by atoms with Crippen LogP contribution in [-0.2, 0) is 33.3 Å². The lowest BCUT2D eigenvalue weighted by molar-refractivity contribution is -0.870. The summed E-state index contributed by atoms with van der Waals surface area (Å²) >= 11 is 0. The number of hydrogen-bond acceptors (Lipinski definition) is 7. The van der Waals surface area contributed by atoms with Crippen LogP contribution >= 0.6 is 0 Å². The van der Waals surface area contributed by atoms with E-state index in [0.717, 1.165) is 70.6 Å². The van der Waals surface area contributed by atoms with E-state index in [1.165, 1.54) is 372 Å². The highest BCUT2D eigenvalue weighted by atomic mass is 16.7. The van der Waals surface area contributed by atoms with Gasteiger partial charge in [-0.25, -0.2) is 4.79 Å². The molecule has 0 aliphatic carbocycles. The second-order valence-electron chi connectivity index (χ2n) is 32.6. The molecule has 1 N–H and O–H groups in total. The summed E-state index contributed by atoms with van der Waals surface area (Å²) in [7, 11) is 6.01. The number of allylic oxidation sites excluding steroid dienone is 10.